The summed E-state index contributed by atoms with van der Waals surface area (Å²) in [6.45, 7) is 3.85. The van der Waals surface area contributed by atoms with E-state index in [1.165, 1.54) is 0 Å². The lowest BCUT2D eigenvalue weighted by molar-refractivity contribution is -0.143. The highest BCUT2D eigenvalue weighted by Gasteiger charge is 2.30. The van der Waals surface area contributed by atoms with Gasteiger partial charge < -0.3 is 25.0 Å². The maximum Gasteiger partial charge on any atom is 0.389 e. The van der Waals surface area contributed by atoms with Crippen molar-refractivity contribution in [3.05, 3.63) is 71.4 Å². The molecule has 2 atom stereocenters. The van der Waals surface area contributed by atoms with Crippen molar-refractivity contribution in [3.8, 4) is 16.9 Å². The van der Waals surface area contributed by atoms with Crippen molar-refractivity contribution in [2.75, 3.05) is 43.5 Å². The van der Waals surface area contributed by atoms with Crippen LogP contribution < -0.4 is 15.0 Å². The predicted octanol–water partition coefficient (Wildman–Crippen LogP) is 6.32. The number of pyridine rings is 1. The van der Waals surface area contributed by atoms with Crippen molar-refractivity contribution in [2.45, 2.75) is 44.8 Å². The van der Waals surface area contributed by atoms with Crippen LogP contribution in [0.15, 0.2) is 54.7 Å². The van der Waals surface area contributed by atoms with Crippen LogP contribution in [0.4, 0.5) is 24.7 Å². The number of halogens is 3. The van der Waals surface area contributed by atoms with Crippen molar-refractivity contribution in [1.82, 2.24) is 9.88 Å². The van der Waals surface area contributed by atoms with Gasteiger partial charge in [0.15, 0.2) is 11.6 Å². The summed E-state index contributed by atoms with van der Waals surface area (Å²) in [6.07, 6.45) is -2.51. The van der Waals surface area contributed by atoms with E-state index >= 15 is 0 Å². The normalized spacial score (nSPS) is 17.6. The summed E-state index contributed by atoms with van der Waals surface area (Å²) in [5.41, 5.74) is 4.29. The van der Waals surface area contributed by atoms with Crippen LogP contribution in [-0.4, -0.2) is 66.3 Å². The molecule has 5 rings (SSSR count). The second-order valence-electron chi connectivity index (χ2n) is 11.2. The molecule has 0 aliphatic carbocycles. The minimum absolute atomic E-state index is 0.161. The molecule has 1 saturated heterocycles. The SMILES string of the molecule is Cc1cc(-c2cnc3c(c2)OCCN3C)ccc1C(CCC(F)(F)F)Nc1ccc(C(=O)N2CCC[C@@H](C(=O)O)C2)cc1. The van der Waals surface area contributed by atoms with Crippen molar-refractivity contribution in [3.63, 3.8) is 0 Å². The van der Waals surface area contributed by atoms with E-state index in [1.807, 2.05) is 43.1 Å². The predicted molar refractivity (Wildman–Crippen MR) is 158 cm³/mol. The Balaban J connectivity index is 1.34. The Kier molecular flexibility index (Phi) is 8.79. The number of nitrogens with one attached hydrogen (secondary N) is 1. The molecule has 2 aromatic carbocycles. The number of anilines is 2. The van der Waals surface area contributed by atoms with E-state index in [9.17, 15) is 27.9 Å². The number of carbonyl (C=O) groups is 2. The highest BCUT2D eigenvalue weighted by Crippen LogP contribution is 2.36. The number of amides is 1. The molecule has 1 unspecified atom stereocenters. The number of carboxylic acids is 1. The number of fused-ring (bicyclic) bond motifs is 1. The van der Waals surface area contributed by atoms with Crippen LogP contribution in [0.25, 0.3) is 11.1 Å². The number of likely N-dealkylation sites (N-methyl/N-ethyl adjacent to an activating group) is 1. The number of hydrogen-bond donors (Lipinski definition) is 2. The van der Waals surface area contributed by atoms with Gasteiger partial charge in [-0.05, 0) is 73.2 Å². The van der Waals surface area contributed by atoms with E-state index in [0.29, 0.717) is 43.0 Å². The standard InChI is InChI=1S/C32H35F3N4O4/c1-20-16-22(24-17-28-29(36-18-24)38(2)14-15-43-28)7-10-26(20)27(11-12-32(33,34)35)37-25-8-5-21(6-9-25)30(40)39-13-3-4-23(19-39)31(41)42/h5-10,16-18,23,27,37H,3-4,11-15,19H2,1-2H3,(H,41,42)/t23-,27?/m1/s1. The number of carboxylic acid groups (broad SMARTS) is 1. The lowest BCUT2D eigenvalue weighted by atomic mass is 9.93. The fraction of sp³-hybridized carbons (Fsp3) is 0.406. The number of benzene rings is 2. The second-order valence-corrected chi connectivity index (χ2v) is 11.2. The molecule has 0 bridgehead atoms. The smallest absolute Gasteiger partial charge is 0.389 e. The molecule has 228 valence electrons. The second kappa shape index (κ2) is 12.5. The first kappa shape index (κ1) is 30.2. The number of aliphatic carboxylic acids is 1. The van der Waals surface area contributed by atoms with Crippen LogP contribution in [0.2, 0.25) is 0 Å². The van der Waals surface area contributed by atoms with Gasteiger partial charge in [0.25, 0.3) is 5.91 Å². The summed E-state index contributed by atoms with van der Waals surface area (Å²) >= 11 is 0. The zero-order valence-electron chi connectivity index (χ0n) is 24.2. The lowest BCUT2D eigenvalue weighted by Crippen LogP contribution is -2.42. The highest BCUT2D eigenvalue weighted by molar-refractivity contribution is 5.95. The van der Waals surface area contributed by atoms with E-state index < -0.39 is 30.5 Å². The lowest BCUT2D eigenvalue weighted by Gasteiger charge is -2.30. The van der Waals surface area contributed by atoms with Gasteiger partial charge >= 0.3 is 12.1 Å². The third kappa shape index (κ3) is 7.21. The molecule has 1 aromatic heterocycles. The quantitative estimate of drug-likeness (QED) is 0.314. The topological polar surface area (TPSA) is 95.0 Å². The molecule has 2 aliphatic heterocycles. The van der Waals surface area contributed by atoms with Gasteiger partial charge in [0, 0.05) is 49.6 Å². The Bertz CT molecular complexity index is 1480. The van der Waals surface area contributed by atoms with Crippen molar-refractivity contribution >= 4 is 23.4 Å². The maximum absolute atomic E-state index is 13.3. The van der Waals surface area contributed by atoms with Crippen LogP contribution in [0, 0.1) is 12.8 Å². The third-order valence-electron chi connectivity index (χ3n) is 8.10. The van der Waals surface area contributed by atoms with Crippen LogP contribution in [0.1, 0.15) is 53.2 Å². The fourth-order valence-electron chi connectivity index (χ4n) is 5.70. The van der Waals surface area contributed by atoms with E-state index in [0.717, 1.165) is 34.6 Å². The van der Waals surface area contributed by atoms with Crippen molar-refractivity contribution in [2.24, 2.45) is 5.92 Å². The first-order valence-electron chi connectivity index (χ1n) is 14.4. The van der Waals surface area contributed by atoms with Crippen molar-refractivity contribution < 1.29 is 32.6 Å². The monoisotopic (exact) mass is 596 g/mol. The molecule has 11 heteroatoms. The Morgan fingerprint density at radius 2 is 1.88 bits per heavy atom. The number of rotatable bonds is 8. The van der Waals surface area contributed by atoms with E-state index in [2.05, 4.69) is 10.3 Å². The highest BCUT2D eigenvalue weighted by atomic mass is 19.4. The number of likely N-dealkylation sites (tertiary alicyclic amines) is 1. The minimum atomic E-state index is -4.31. The number of nitrogens with zero attached hydrogens (tertiary/aromatic N) is 3. The van der Waals surface area contributed by atoms with Gasteiger partial charge in [0.1, 0.15) is 6.61 Å². The average Bonchev–Trinajstić information content (AvgIpc) is 2.99. The van der Waals surface area contributed by atoms with E-state index in [-0.39, 0.29) is 18.9 Å². The van der Waals surface area contributed by atoms with Gasteiger partial charge in [-0.3, -0.25) is 9.59 Å². The van der Waals surface area contributed by atoms with Gasteiger partial charge in [0.2, 0.25) is 0 Å². The van der Waals surface area contributed by atoms with Gasteiger partial charge in [-0.1, -0.05) is 18.2 Å². The van der Waals surface area contributed by atoms with E-state index in [4.69, 9.17) is 4.74 Å². The number of ether oxygens (including phenoxy) is 1. The zero-order chi connectivity index (χ0) is 30.7. The molecule has 0 saturated carbocycles. The maximum atomic E-state index is 13.3. The number of piperidine rings is 1. The first-order valence-corrected chi connectivity index (χ1v) is 14.4. The molecule has 1 fully saturated rings. The first-order chi connectivity index (χ1) is 20.5. The van der Waals surface area contributed by atoms with Crippen LogP contribution in [0.3, 0.4) is 0 Å². The van der Waals surface area contributed by atoms with E-state index in [1.54, 1.807) is 35.4 Å². The fourth-order valence-corrected chi connectivity index (χ4v) is 5.70. The Morgan fingerprint density at radius 3 is 2.58 bits per heavy atom. The van der Waals surface area contributed by atoms with Gasteiger partial charge in [0.05, 0.1) is 18.5 Å². The molecule has 8 nitrogen and oxygen atoms in total. The summed E-state index contributed by atoms with van der Waals surface area (Å²) in [7, 11) is 1.96. The summed E-state index contributed by atoms with van der Waals surface area (Å²) in [4.78, 5) is 32.5. The number of carbonyl (C=O) groups excluding carboxylic acids is 1. The molecular formula is C32H35F3N4O4. The molecule has 0 radical (unpaired) electrons. The average molecular weight is 597 g/mol. The molecule has 1 amide bonds. The van der Waals surface area contributed by atoms with Crippen molar-refractivity contribution in [1.29, 1.82) is 0 Å². The zero-order valence-corrected chi connectivity index (χ0v) is 24.2. The minimum Gasteiger partial charge on any atom is -0.488 e. The Morgan fingerprint density at radius 1 is 1.12 bits per heavy atom. The molecule has 43 heavy (non-hydrogen) atoms. The summed E-state index contributed by atoms with van der Waals surface area (Å²) in [5.74, 6) is -0.284. The molecular weight excluding hydrogens is 561 g/mol. The van der Waals surface area contributed by atoms with Gasteiger partial charge in [-0.15, -0.1) is 0 Å². The summed E-state index contributed by atoms with van der Waals surface area (Å²) in [5, 5.41) is 12.6. The Labute approximate surface area is 248 Å². The number of alkyl halides is 3. The number of aryl methyl sites for hydroxylation is 1. The molecule has 3 aromatic rings. The van der Waals surface area contributed by atoms with Crippen LogP contribution >= 0.6 is 0 Å². The van der Waals surface area contributed by atoms with Gasteiger partial charge in [-0.2, -0.15) is 13.2 Å². The largest absolute Gasteiger partial charge is 0.488 e. The third-order valence-corrected chi connectivity index (χ3v) is 8.10. The summed E-state index contributed by atoms with van der Waals surface area (Å²) < 4.78 is 45.6. The molecule has 2 N–H and O–H groups in total. The van der Waals surface area contributed by atoms with Crippen LogP contribution in [-0.2, 0) is 4.79 Å². The molecule has 2 aliphatic rings. The Hall–Kier alpha value is -4.28. The molecule has 0 spiro atoms. The molecule has 3 heterocycles. The summed E-state index contributed by atoms with van der Waals surface area (Å²) in [6, 6.07) is 13.6. The number of aromatic nitrogens is 1. The van der Waals surface area contributed by atoms with Crippen LogP contribution in [0.5, 0.6) is 5.75 Å². The number of hydrogen-bond acceptors (Lipinski definition) is 6. The van der Waals surface area contributed by atoms with Gasteiger partial charge in [-0.25, -0.2) is 4.98 Å².